The Hall–Kier alpha value is -3.06. The molecule has 1 heterocycles. The molecular weight excluding hydrogens is 372 g/mol. The summed E-state index contributed by atoms with van der Waals surface area (Å²) in [7, 11) is 3.05. The molecule has 1 aliphatic heterocycles. The summed E-state index contributed by atoms with van der Waals surface area (Å²) in [6.45, 7) is 4.91. The van der Waals surface area contributed by atoms with Gasteiger partial charge in [0.25, 0.3) is 11.8 Å². The molecule has 0 radical (unpaired) electrons. The molecule has 7 nitrogen and oxygen atoms in total. The highest BCUT2D eigenvalue weighted by Gasteiger charge is 2.28. The first kappa shape index (κ1) is 20.7. The number of ether oxygens (including phenoxy) is 3. The predicted molar refractivity (Wildman–Crippen MR) is 110 cm³/mol. The second kappa shape index (κ2) is 8.96. The minimum atomic E-state index is -0.355. The molecule has 0 unspecified atom stereocenters. The van der Waals surface area contributed by atoms with E-state index >= 15 is 0 Å². The molecule has 1 saturated heterocycles. The number of amides is 2. The van der Waals surface area contributed by atoms with E-state index in [1.54, 1.807) is 47.4 Å². The Bertz CT molecular complexity index is 866. The number of hydrogen-bond acceptors (Lipinski definition) is 5. The van der Waals surface area contributed by atoms with Crippen molar-refractivity contribution in [3.63, 3.8) is 0 Å². The molecule has 2 atom stereocenters. The topological polar surface area (TPSA) is 77.1 Å². The van der Waals surface area contributed by atoms with Crippen LogP contribution in [-0.4, -0.2) is 56.2 Å². The summed E-state index contributed by atoms with van der Waals surface area (Å²) < 4.78 is 16.2. The molecule has 29 heavy (non-hydrogen) atoms. The Labute approximate surface area is 170 Å². The minimum absolute atomic E-state index is 0.0336. The van der Waals surface area contributed by atoms with Gasteiger partial charge in [0.2, 0.25) is 0 Å². The Balaban J connectivity index is 1.84. The van der Waals surface area contributed by atoms with Crippen molar-refractivity contribution < 1.29 is 23.8 Å². The van der Waals surface area contributed by atoms with Gasteiger partial charge >= 0.3 is 0 Å². The third kappa shape index (κ3) is 4.86. The Morgan fingerprint density at radius 3 is 2.17 bits per heavy atom. The van der Waals surface area contributed by atoms with Crippen molar-refractivity contribution in [2.75, 3.05) is 32.6 Å². The molecule has 0 spiro atoms. The van der Waals surface area contributed by atoms with Gasteiger partial charge in [-0.3, -0.25) is 9.59 Å². The van der Waals surface area contributed by atoms with Crippen LogP contribution >= 0.6 is 0 Å². The van der Waals surface area contributed by atoms with Crippen molar-refractivity contribution in [1.82, 2.24) is 4.90 Å². The van der Waals surface area contributed by atoms with Gasteiger partial charge in [-0.1, -0.05) is 12.1 Å². The van der Waals surface area contributed by atoms with Gasteiger partial charge in [0.15, 0.2) is 0 Å². The summed E-state index contributed by atoms with van der Waals surface area (Å²) in [5.41, 5.74) is 1.27. The summed E-state index contributed by atoms with van der Waals surface area (Å²) >= 11 is 0. The van der Waals surface area contributed by atoms with Gasteiger partial charge in [0, 0.05) is 24.7 Å². The highest BCUT2D eigenvalue weighted by atomic mass is 16.5. The van der Waals surface area contributed by atoms with Gasteiger partial charge in [-0.25, -0.2) is 0 Å². The molecule has 154 valence electrons. The summed E-state index contributed by atoms with van der Waals surface area (Å²) in [6, 6.07) is 11.9. The van der Waals surface area contributed by atoms with Crippen molar-refractivity contribution in [3.05, 3.63) is 53.6 Å². The first-order valence-electron chi connectivity index (χ1n) is 9.49. The van der Waals surface area contributed by atoms with Crippen molar-refractivity contribution in [1.29, 1.82) is 0 Å². The zero-order chi connectivity index (χ0) is 21.0. The molecule has 3 rings (SSSR count). The van der Waals surface area contributed by atoms with Crippen LogP contribution in [0.15, 0.2) is 42.5 Å². The van der Waals surface area contributed by atoms with Crippen molar-refractivity contribution in [3.8, 4) is 11.5 Å². The first-order chi connectivity index (χ1) is 13.9. The Morgan fingerprint density at radius 2 is 1.59 bits per heavy atom. The fraction of sp³-hybridized carbons (Fsp3) is 0.364. The maximum Gasteiger partial charge on any atom is 0.256 e. The highest BCUT2D eigenvalue weighted by Crippen LogP contribution is 2.25. The third-order valence-corrected chi connectivity index (χ3v) is 4.73. The van der Waals surface area contributed by atoms with Crippen molar-refractivity contribution in [2.45, 2.75) is 26.1 Å². The molecule has 1 aliphatic rings. The number of morpholine rings is 1. The number of nitrogens with zero attached hydrogens (tertiary/aromatic N) is 1. The van der Waals surface area contributed by atoms with Crippen LogP contribution in [0.2, 0.25) is 0 Å². The smallest absolute Gasteiger partial charge is 0.256 e. The van der Waals surface area contributed by atoms with Crippen LogP contribution < -0.4 is 14.8 Å². The molecule has 1 N–H and O–H groups in total. The van der Waals surface area contributed by atoms with Gasteiger partial charge in [0.05, 0.1) is 37.7 Å². The number of carbonyl (C=O) groups is 2. The summed E-state index contributed by atoms with van der Waals surface area (Å²) in [5, 5.41) is 2.84. The van der Waals surface area contributed by atoms with E-state index in [1.807, 2.05) is 13.8 Å². The normalized spacial score (nSPS) is 18.8. The quantitative estimate of drug-likeness (QED) is 0.837. The van der Waals surface area contributed by atoms with E-state index in [9.17, 15) is 9.59 Å². The fourth-order valence-electron chi connectivity index (χ4n) is 3.43. The van der Waals surface area contributed by atoms with Crippen LogP contribution in [0.4, 0.5) is 5.69 Å². The van der Waals surface area contributed by atoms with E-state index in [-0.39, 0.29) is 24.0 Å². The van der Waals surface area contributed by atoms with Gasteiger partial charge in [-0.2, -0.15) is 0 Å². The second-order valence-corrected chi connectivity index (χ2v) is 7.07. The fourth-order valence-corrected chi connectivity index (χ4v) is 3.43. The van der Waals surface area contributed by atoms with Crippen LogP contribution in [0.1, 0.15) is 34.6 Å². The molecular formula is C22H26N2O5. The molecule has 2 amide bonds. The maximum absolute atomic E-state index is 13.1. The number of anilines is 1. The number of hydrogen-bond donors (Lipinski definition) is 1. The van der Waals surface area contributed by atoms with Crippen LogP contribution in [0, 0.1) is 0 Å². The number of carbonyl (C=O) groups excluding carboxylic acids is 2. The second-order valence-electron chi connectivity index (χ2n) is 7.07. The zero-order valence-corrected chi connectivity index (χ0v) is 17.1. The highest BCUT2D eigenvalue weighted by molar-refractivity contribution is 6.09. The SMILES string of the molecule is COc1cc(OC)cc(C(=O)Nc2ccccc2C(=O)N2C[C@@H](C)O[C@@H](C)C2)c1. The van der Waals surface area contributed by atoms with Crippen LogP contribution in [0.25, 0.3) is 0 Å². The van der Waals surface area contributed by atoms with Crippen molar-refractivity contribution in [2.24, 2.45) is 0 Å². The van der Waals surface area contributed by atoms with Crippen LogP contribution in [0.5, 0.6) is 11.5 Å². The molecule has 1 fully saturated rings. The van der Waals surface area contributed by atoms with Crippen LogP contribution in [-0.2, 0) is 4.74 Å². The van der Waals surface area contributed by atoms with Crippen molar-refractivity contribution >= 4 is 17.5 Å². The number of methoxy groups -OCH3 is 2. The van der Waals surface area contributed by atoms with E-state index in [0.29, 0.717) is 41.4 Å². The minimum Gasteiger partial charge on any atom is -0.497 e. The number of nitrogens with one attached hydrogen (secondary N) is 1. The van der Waals surface area contributed by atoms with E-state index < -0.39 is 0 Å². The molecule has 0 saturated carbocycles. The molecule has 7 heteroatoms. The van der Waals surface area contributed by atoms with Gasteiger partial charge in [-0.05, 0) is 38.1 Å². The molecule has 2 aromatic carbocycles. The monoisotopic (exact) mass is 398 g/mol. The average Bonchev–Trinajstić information content (AvgIpc) is 2.72. The Morgan fingerprint density at radius 1 is 1.00 bits per heavy atom. The van der Waals surface area contributed by atoms with E-state index in [2.05, 4.69) is 5.32 Å². The molecule has 0 aromatic heterocycles. The summed E-state index contributed by atoms with van der Waals surface area (Å²) in [6.07, 6.45) is -0.0672. The lowest BCUT2D eigenvalue weighted by Crippen LogP contribution is -2.48. The van der Waals surface area contributed by atoms with Gasteiger partial charge < -0.3 is 24.4 Å². The zero-order valence-electron chi connectivity index (χ0n) is 17.1. The van der Waals surface area contributed by atoms with E-state index in [1.165, 1.54) is 14.2 Å². The maximum atomic E-state index is 13.1. The first-order valence-corrected chi connectivity index (χ1v) is 9.49. The predicted octanol–water partition coefficient (Wildman–Crippen LogP) is 3.21. The lowest BCUT2D eigenvalue weighted by molar-refractivity contribution is -0.0585. The van der Waals surface area contributed by atoms with E-state index in [0.717, 1.165) is 0 Å². The van der Waals surface area contributed by atoms with E-state index in [4.69, 9.17) is 14.2 Å². The molecule has 0 aliphatic carbocycles. The molecule has 0 bridgehead atoms. The summed E-state index contributed by atoms with van der Waals surface area (Å²) in [4.78, 5) is 27.7. The number of rotatable bonds is 5. The standard InChI is InChI=1S/C22H26N2O5/c1-14-12-24(13-15(2)29-14)22(26)19-7-5-6-8-20(19)23-21(25)16-9-17(27-3)11-18(10-16)28-4/h5-11,14-15H,12-13H2,1-4H3,(H,23,25)/t14-,15+. The lowest BCUT2D eigenvalue weighted by atomic mass is 10.1. The summed E-state index contributed by atoms with van der Waals surface area (Å²) in [5.74, 6) is 0.530. The number of benzene rings is 2. The third-order valence-electron chi connectivity index (χ3n) is 4.73. The average molecular weight is 398 g/mol. The Kier molecular flexibility index (Phi) is 6.39. The number of para-hydroxylation sites is 1. The van der Waals surface area contributed by atoms with Crippen LogP contribution in [0.3, 0.4) is 0 Å². The van der Waals surface area contributed by atoms with Gasteiger partial charge in [-0.15, -0.1) is 0 Å². The largest absolute Gasteiger partial charge is 0.497 e. The molecule has 2 aromatic rings. The van der Waals surface area contributed by atoms with Gasteiger partial charge in [0.1, 0.15) is 11.5 Å². The lowest BCUT2D eigenvalue weighted by Gasteiger charge is -2.35.